The van der Waals surface area contributed by atoms with Gasteiger partial charge in [-0.15, -0.1) is 0 Å². The number of nitrogens with one attached hydrogen (secondary N) is 4. The van der Waals surface area contributed by atoms with E-state index in [0.29, 0.717) is 50.1 Å². The molecule has 6 amide bonds. The molecule has 3 aromatic carbocycles. The minimum atomic E-state index is -0.806. The normalized spacial score (nSPS) is 17.5. The lowest BCUT2D eigenvalue weighted by atomic mass is 10.0. The summed E-state index contributed by atoms with van der Waals surface area (Å²) in [5.41, 5.74) is 3.10. The van der Waals surface area contributed by atoms with Crippen LogP contribution in [-0.2, 0) is 28.7 Å². The molecule has 270 valence electrons. The second-order valence-electron chi connectivity index (χ2n) is 13.0. The molecule has 3 atom stereocenters. The Morgan fingerprint density at radius 3 is 1.90 bits per heavy atom. The van der Waals surface area contributed by atoms with Gasteiger partial charge in [-0.1, -0.05) is 44.2 Å². The zero-order valence-electron chi connectivity index (χ0n) is 29.2. The highest BCUT2D eigenvalue weighted by atomic mass is 16.5. The van der Waals surface area contributed by atoms with Crippen LogP contribution >= 0.6 is 0 Å². The van der Waals surface area contributed by atoms with Crippen molar-refractivity contribution in [2.75, 3.05) is 44.5 Å². The molecule has 3 aromatic rings. The summed E-state index contributed by atoms with van der Waals surface area (Å²) in [5.74, 6) is -1.43. The number of alkyl carbamates (subject to hydrolysis) is 2. The summed E-state index contributed by atoms with van der Waals surface area (Å²) in [7, 11) is 2.45. The molecule has 4 N–H and O–H groups in total. The zero-order chi connectivity index (χ0) is 36.7. The molecule has 14 heteroatoms. The average molecular weight is 701 g/mol. The number of methoxy groups -OCH3 is 2. The third-order valence-electron chi connectivity index (χ3n) is 9.27. The van der Waals surface area contributed by atoms with Crippen molar-refractivity contribution in [2.45, 2.75) is 57.7 Å². The number of ether oxygens (including phenoxy) is 2. The first kappa shape index (κ1) is 36.6. The Kier molecular flexibility index (Phi) is 11.7. The van der Waals surface area contributed by atoms with Crippen LogP contribution < -0.4 is 21.3 Å². The molecule has 0 saturated carbocycles. The number of rotatable bonds is 10. The number of benzene rings is 3. The molecule has 14 nitrogen and oxygen atoms in total. The lowest BCUT2D eigenvalue weighted by Crippen LogP contribution is -2.54. The molecule has 5 rings (SSSR count). The maximum Gasteiger partial charge on any atom is 0.407 e. The van der Waals surface area contributed by atoms with Crippen molar-refractivity contribution >= 4 is 58.0 Å². The number of likely N-dealkylation sites (tertiary alicyclic amines) is 2. The van der Waals surface area contributed by atoms with E-state index in [2.05, 4.69) is 30.7 Å². The quantitative estimate of drug-likeness (QED) is 0.245. The largest absolute Gasteiger partial charge is 0.453 e. The van der Waals surface area contributed by atoms with Gasteiger partial charge >= 0.3 is 12.2 Å². The van der Waals surface area contributed by atoms with Crippen LogP contribution in [0.15, 0.2) is 60.7 Å². The van der Waals surface area contributed by atoms with Crippen LogP contribution in [0.5, 0.6) is 0 Å². The Labute approximate surface area is 296 Å². The summed E-state index contributed by atoms with van der Waals surface area (Å²) in [4.78, 5) is 78.6. The maximum atomic E-state index is 13.4. The molecule has 51 heavy (non-hydrogen) atoms. The standard InChI is InChI=1S/C37H44N6O8/c1-22(2)32(41-37(49)51-4)35(47)43-18-6-8-30(43)34(46)40-28-16-13-25-19-24(9-10-26(25)20-28)23-11-14-27(15-12-23)39-33(45)29-7-5-17-42(29)31(44)21-38-36(48)50-3/h9-16,19-20,22,29-30,32H,5-8,17-18,21H2,1-4H3,(H,38,48)(H,39,45)(H,40,46)(H,41,49)/t29-,30-,32-/m0/s1. The van der Waals surface area contributed by atoms with E-state index in [1.165, 1.54) is 24.0 Å². The highest BCUT2D eigenvalue weighted by Crippen LogP contribution is 2.29. The third-order valence-corrected chi connectivity index (χ3v) is 9.27. The number of hydrogen-bond donors (Lipinski definition) is 4. The van der Waals surface area contributed by atoms with Crippen LogP contribution in [0, 0.1) is 5.92 Å². The number of amides is 6. The zero-order valence-corrected chi connectivity index (χ0v) is 29.2. The van der Waals surface area contributed by atoms with Gasteiger partial charge in [0.2, 0.25) is 23.6 Å². The van der Waals surface area contributed by atoms with Crippen molar-refractivity contribution in [1.29, 1.82) is 0 Å². The Balaban J connectivity index is 1.20. The van der Waals surface area contributed by atoms with Gasteiger partial charge in [-0.25, -0.2) is 9.59 Å². The topological polar surface area (TPSA) is 175 Å². The first-order valence-electron chi connectivity index (χ1n) is 17.0. The number of nitrogens with zero attached hydrogens (tertiary/aromatic N) is 2. The van der Waals surface area contributed by atoms with Crippen LogP contribution in [0.2, 0.25) is 0 Å². The molecule has 2 fully saturated rings. The van der Waals surface area contributed by atoms with Gasteiger partial charge in [0.1, 0.15) is 24.7 Å². The third kappa shape index (κ3) is 8.74. The summed E-state index contributed by atoms with van der Waals surface area (Å²) in [5, 5.41) is 12.7. The highest BCUT2D eigenvalue weighted by molar-refractivity contribution is 6.01. The van der Waals surface area contributed by atoms with E-state index >= 15 is 0 Å². The summed E-state index contributed by atoms with van der Waals surface area (Å²) in [6.07, 6.45) is 1.02. The number of hydrogen-bond acceptors (Lipinski definition) is 8. The van der Waals surface area contributed by atoms with Crippen LogP contribution in [0.25, 0.3) is 21.9 Å². The van der Waals surface area contributed by atoms with Gasteiger partial charge < -0.3 is 40.5 Å². The molecule has 2 saturated heterocycles. The smallest absolute Gasteiger partial charge is 0.407 e. The van der Waals surface area contributed by atoms with Crippen molar-refractivity contribution in [3.63, 3.8) is 0 Å². The van der Waals surface area contributed by atoms with E-state index in [4.69, 9.17) is 0 Å². The van der Waals surface area contributed by atoms with Crippen molar-refractivity contribution < 1.29 is 38.2 Å². The van der Waals surface area contributed by atoms with E-state index in [-0.39, 0.29) is 36.1 Å². The predicted molar refractivity (Wildman–Crippen MR) is 191 cm³/mol. The Morgan fingerprint density at radius 1 is 0.706 bits per heavy atom. The molecule has 0 aromatic heterocycles. The molecule has 0 unspecified atom stereocenters. The molecule has 0 radical (unpaired) electrons. The summed E-state index contributed by atoms with van der Waals surface area (Å²) < 4.78 is 9.19. The van der Waals surface area contributed by atoms with Crippen molar-refractivity contribution in [1.82, 2.24) is 20.4 Å². The second kappa shape index (κ2) is 16.4. The average Bonchev–Trinajstić information content (AvgIpc) is 3.83. The van der Waals surface area contributed by atoms with Gasteiger partial charge in [0, 0.05) is 24.5 Å². The van der Waals surface area contributed by atoms with Crippen molar-refractivity contribution in [2.24, 2.45) is 5.92 Å². The first-order chi connectivity index (χ1) is 24.5. The fraction of sp³-hybridized carbons (Fsp3) is 0.405. The molecule has 2 heterocycles. The lowest BCUT2D eigenvalue weighted by molar-refractivity contribution is -0.139. The van der Waals surface area contributed by atoms with Gasteiger partial charge in [-0.2, -0.15) is 0 Å². The van der Waals surface area contributed by atoms with Gasteiger partial charge in [-0.05, 0) is 83.8 Å². The maximum absolute atomic E-state index is 13.4. The number of carbonyl (C=O) groups is 6. The molecule has 2 aliphatic heterocycles. The van der Waals surface area contributed by atoms with E-state index in [1.807, 2.05) is 74.5 Å². The molecule has 2 aliphatic rings. The fourth-order valence-electron chi connectivity index (χ4n) is 6.54. The highest BCUT2D eigenvalue weighted by Gasteiger charge is 2.39. The Hall–Kier alpha value is -5.66. The minimum absolute atomic E-state index is 0.193. The van der Waals surface area contributed by atoms with E-state index < -0.39 is 30.3 Å². The summed E-state index contributed by atoms with van der Waals surface area (Å²) in [6, 6.07) is 16.9. The van der Waals surface area contributed by atoms with Gasteiger partial charge in [0.25, 0.3) is 0 Å². The lowest BCUT2D eigenvalue weighted by Gasteiger charge is -2.30. The molecule has 0 aliphatic carbocycles. The number of fused-ring (bicyclic) bond motifs is 1. The van der Waals surface area contributed by atoms with Crippen LogP contribution in [-0.4, -0.2) is 97.6 Å². The summed E-state index contributed by atoms with van der Waals surface area (Å²) >= 11 is 0. The number of anilines is 2. The SMILES string of the molecule is COC(=O)NCC(=O)N1CCC[C@H]1C(=O)Nc1ccc(-c2ccc3cc(NC(=O)[C@@H]4CCCN4C(=O)[C@@H](NC(=O)OC)C(C)C)ccc3c2)cc1. The first-order valence-corrected chi connectivity index (χ1v) is 17.0. The fourth-order valence-corrected chi connectivity index (χ4v) is 6.54. The van der Waals surface area contributed by atoms with Crippen LogP contribution in [0.4, 0.5) is 21.0 Å². The summed E-state index contributed by atoms with van der Waals surface area (Å²) in [6.45, 7) is 4.27. The van der Waals surface area contributed by atoms with E-state index in [9.17, 15) is 28.8 Å². The minimum Gasteiger partial charge on any atom is -0.453 e. The second-order valence-corrected chi connectivity index (χ2v) is 13.0. The van der Waals surface area contributed by atoms with Crippen LogP contribution in [0.3, 0.4) is 0 Å². The van der Waals surface area contributed by atoms with E-state index in [0.717, 1.165) is 21.9 Å². The van der Waals surface area contributed by atoms with Gasteiger partial charge in [0.15, 0.2) is 0 Å². The molecular formula is C37H44N6O8. The van der Waals surface area contributed by atoms with Crippen LogP contribution in [0.1, 0.15) is 39.5 Å². The molecule has 0 spiro atoms. The predicted octanol–water partition coefficient (Wildman–Crippen LogP) is 4.10. The molecule has 0 bridgehead atoms. The van der Waals surface area contributed by atoms with Crippen molar-refractivity contribution in [3.8, 4) is 11.1 Å². The van der Waals surface area contributed by atoms with Gasteiger partial charge in [0.05, 0.1) is 14.2 Å². The van der Waals surface area contributed by atoms with Crippen molar-refractivity contribution in [3.05, 3.63) is 60.7 Å². The van der Waals surface area contributed by atoms with E-state index in [1.54, 1.807) is 0 Å². The molecular weight excluding hydrogens is 656 g/mol. The Bertz CT molecular complexity index is 1800. The number of carbonyl (C=O) groups excluding carboxylic acids is 6. The Morgan fingerprint density at radius 2 is 1.25 bits per heavy atom. The van der Waals surface area contributed by atoms with Gasteiger partial charge in [-0.3, -0.25) is 19.2 Å². The monoisotopic (exact) mass is 700 g/mol.